The first kappa shape index (κ1) is 18.3. The van der Waals surface area contributed by atoms with Crippen molar-refractivity contribution in [2.24, 2.45) is 11.7 Å². The molecule has 1 aliphatic heterocycles. The first-order valence-corrected chi connectivity index (χ1v) is 7.06. The van der Waals surface area contributed by atoms with Crippen molar-refractivity contribution in [3.8, 4) is 0 Å². The molecule has 3 N–H and O–H groups in total. The van der Waals surface area contributed by atoms with E-state index in [2.05, 4.69) is 10.2 Å². The summed E-state index contributed by atoms with van der Waals surface area (Å²) in [7, 11) is 0. The molecule has 1 saturated heterocycles. The van der Waals surface area contributed by atoms with Crippen LogP contribution in [0.1, 0.15) is 12.8 Å². The molecule has 1 aromatic rings. The molecule has 8 heteroatoms. The number of benzene rings is 1. The van der Waals surface area contributed by atoms with E-state index in [0.29, 0.717) is 12.5 Å². The van der Waals surface area contributed by atoms with Gasteiger partial charge < -0.3 is 11.1 Å². The average molecular weight is 329 g/mol. The van der Waals surface area contributed by atoms with Gasteiger partial charge in [-0.1, -0.05) is 12.1 Å². The number of carbonyl (C=O) groups excluding carboxylic acids is 1. The van der Waals surface area contributed by atoms with Crippen LogP contribution in [0.4, 0.5) is 11.4 Å². The molecule has 2 rings (SSSR count). The van der Waals surface area contributed by atoms with Crippen molar-refractivity contribution in [1.29, 1.82) is 0 Å². The van der Waals surface area contributed by atoms with Gasteiger partial charge in [-0.2, -0.15) is 0 Å². The van der Waals surface area contributed by atoms with Gasteiger partial charge in [-0.3, -0.25) is 19.8 Å². The maximum absolute atomic E-state index is 12.0. The molecular weight excluding hydrogens is 308 g/mol. The number of anilines is 1. The molecule has 0 saturated carbocycles. The summed E-state index contributed by atoms with van der Waals surface area (Å²) >= 11 is 0. The zero-order valence-corrected chi connectivity index (χ0v) is 13.1. The first-order chi connectivity index (χ1) is 10.1. The highest BCUT2D eigenvalue weighted by Crippen LogP contribution is 2.23. The fourth-order valence-electron chi connectivity index (χ4n) is 2.51. The van der Waals surface area contributed by atoms with Crippen molar-refractivity contribution in [2.45, 2.75) is 12.8 Å². The summed E-state index contributed by atoms with van der Waals surface area (Å²) in [6.07, 6.45) is 1.99. The van der Waals surface area contributed by atoms with E-state index >= 15 is 0 Å². The molecule has 1 amide bonds. The van der Waals surface area contributed by atoms with Gasteiger partial charge in [0.15, 0.2) is 0 Å². The Labute approximate surface area is 135 Å². The number of para-hydroxylation sites is 2. The lowest BCUT2D eigenvalue weighted by molar-refractivity contribution is -0.383. The lowest BCUT2D eigenvalue weighted by Crippen LogP contribution is -2.40. The summed E-state index contributed by atoms with van der Waals surface area (Å²) in [5.74, 6) is 0.315. The Morgan fingerprint density at radius 3 is 2.59 bits per heavy atom. The Morgan fingerprint density at radius 2 is 2.00 bits per heavy atom. The maximum atomic E-state index is 12.0. The number of nitro benzene ring substituents is 1. The smallest absolute Gasteiger partial charge is 0.292 e. The Kier molecular flexibility index (Phi) is 7.23. The van der Waals surface area contributed by atoms with E-state index in [9.17, 15) is 14.9 Å². The number of nitrogens with one attached hydrogen (secondary N) is 1. The number of nitrogens with zero attached hydrogens (tertiary/aromatic N) is 2. The van der Waals surface area contributed by atoms with Gasteiger partial charge in [0.2, 0.25) is 5.91 Å². The van der Waals surface area contributed by atoms with Gasteiger partial charge in [-0.25, -0.2) is 0 Å². The van der Waals surface area contributed by atoms with Gasteiger partial charge >= 0.3 is 0 Å². The van der Waals surface area contributed by atoms with Crippen LogP contribution in [-0.4, -0.2) is 41.9 Å². The molecule has 22 heavy (non-hydrogen) atoms. The highest BCUT2D eigenvalue weighted by Gasteiger charge is 2.21. The molecule has 1 heterocycles. The zero-order chi connectivity index (χ0) is 15.2. The number of piperidine rings is 1. The van der Waals surface area contributed by atoms with Gasteiger partial charge in [0.1, 0.15) is 5.69 Å². The Balaban J connectivity index is 0.00000242. The van der Waals surface area contributed by atoms with Crippen molar-refractivity contribution in [3.05, 3.63) is 34.4 Å². The maximum Gasteiger partial charge on any atom is 0.292 e. The van der Waals surface area contributed by atoms with E-state index < -0.39 is 4.92 Å². The molecule has 1 aromatic carbocycles. The molecule has 7 nitrogen and oxygen atoms in total. The van der Waals surface area contributed by atoms with Crippen molar-refractivity contribution in [3.63, 3.8) is 0 Å². The predicted octanol–water partition coefficient (Wildman–Crippen LogP) is 1.63. The fourth-order valence-corrected chi connectivity index (χ4v) is 2.51. The summed E-state index contributed by atoms with van der Waals surface area (Å²) in [6, 6.07) is 6.15. The van der Waals surface area contributed by atoms with Crippen LogP contribution < -0.4 is 11.1 Å². The van der Waals surface area contributed by atoms with E-state index in [1.54, 1.807) is 12.1 Å². The third-order valence-corrected chi connectivity index (χ3v) is 3.78. The van der Waals surface area contributed by atoms with Gasteiger partial charge in [0.25, 0.3) is 5.69 Å². The molecule has 0 radical (unpaired) electrons. The Bertz CT molecular complexity index is 519. The molecule has 0 aromatic heterocycles. The van der Waals surface area contributed by atoms with Crippen LogP contribution in [0.2, 0.25) is 0 Å². The quantitative estimate of drug-likeness (QED) is 0.631. The number of likely N-dealkylation sites (tertiary alicyclic amines) is 1. The number of nitro groups is 1. The third kappa shape index (κ3) is 4.94. The second-order valence-corrected chi connectivity index (χ2v) is 5.28. The van der Waals surface area contributed by atoms with Gasteiger partial charge in [0.05, 0.1) is 11.5 Å². The summed E-state index contributed by atoms with van der Waals surface area (Å²) in [5.41, 5.74) is 5.79. The number of carbonyl (C=O) groups is 1. The molecule has 0 aliphatic carbocycles. The fraction of sp³-hybridized carbons (Fsp3) is 0.500. The monoisotopic (exact) mass is 328 g/mol. The molecule has 122 valence electrons. The normalized spacial score (nSPS) is 15.9. The average Bonchev–Trinajstić information content (AvgIpc) is 2.48. The van der Waals surface area contributed by atoms with Crippen LogP contribution >= 0.6 is 12.4 Å². The number of hydrogen-bond acceptors (Lipinski definition) is 5. The number of amides is 1. The molecule has 0 spiro atoms. The Hall–Kier alpha value is -1.70. The topological polar surface area (TPSA) is 102 Å². The Morgan fingerprint density at radius 1 is 1.36 bits per heavy atom. The van der Waals surface area contributed by atoms with Crippen molar-refractivity contribution < 1.29 is 9.72 Å². The molecule has 0 bridgehead atoms. The van der Waals surface area contributed by atoms with E-state index in [1.165, 1.54) is 12.1 Å². The van der Waals surface area contributed by atoms with Crippen molar-refractivity contribution in [1.82, 2.24) is 4.90 Å². The summed E-state index contributed by atoms with van der Waals surface area (Å²) in [5, 5.41) is 13.5. The lowest BCUT2D eigenvalue weighted by Gasteiger charge is -2.30. The molecule has 0 unspecified atom stereocenters. The minimum Gasteiger partial charge on any atom is -0.330 e. The van der Waals surface area contributed by atoms with Gasteiger partial charge in [-0.05, 0) is 44.5 Å². The largest absolute Gasteiger partial charge is 0.330 e. The second kappa shape index (κ2) is 8.67. The van der Waals surface area contributed by atoms with Crippen LogP contribution in [0.3, 0.4) is 0 Å². The van der Waals surface area contributed by atoms with Crippen LogP contribution in [0.5, 0.6) is 0 Å². The number of hydrogen-bond donors (Lipinski definition) is 2. The zero-order valence-electron chi connectivity index (χ0n) is 12.2. The number of halogens is 1. The van der Waals surface area contributed by atoms with E-state index in [-0.39, 0.29) is 36.2 Å². The number of rotatable bonds is 5. The molecule has 0 atom stereocenters. The molecular formula is C14H21ClN4O3. The van der Waals surface area contributed by atoms with Crippen molar-refractivity contribution in [2.75, 3.05) is 31.5 Å². The predicted molar refractivity (Wildman–Crippen MR) is 87.2 cm³/mol. The summed E-state index contributed by atoms with van der Waals surface area (Å²) in [6.45, 7) is 2.62. The lowest BCUT2D eigenvalue weighted by atomic mass is 9.97. The van der Waals surface area contributed by atoms with Crippen LogP contribution in [0.25, 0.3) is 0 Å². The van der Waals surface area contributed by atoms with E-state index in [1.807, 2.05) is 0 Å². The van der Waals surface area contributed by atoms with Gasteiger partial charge in [-0.15, -0.1) is 12.4 Å². The van der Waals surface area contributed by atoms with Gasteiger partial charge in [0, 0.05) is 6.07 Å². The minimum absolute atomic E-state index is 0. The van der Waals surface area contributed by atoms with Crippen LogP contribution in [-0.2, 0) is 4.79 Å². The third-order valence-electron chi connectivity index (χ3n) is 3.78. The van der Waals surface area contributed by atoms with E-state index in [4.69, 9.17) is 5.73 Å². The van der Waals surface area contributed by atoms with Crippen molar-refractivity contribution >= 4 is 29.7 Å². The highest BCUT2D eigenvalue weighted by atomic mass is 35.5. The first-order valence-electron chi connectivity index (χ1n) is 7.06. The summed E-state index contributed by atoms with van der Waals surface area (Å²) < 4.78 is 0. The highest BCUT2D eigenvalue weighted by molar-refractivity contribution is 5.94. The SMILES string of the molecule is Cl.NCC1CCN(CC(=O)Nc2ccccc2[N+](=O)[O-])CC1. The minimum atomic E-state index is -0.498. The number of nitrogens with two attached hydrogens (primary N) is 1. The second-order valence-electron chi connectivity index (χ2n) is 5.28. The van der Waals surface area contributed by atoms with Crippen LogP contribution in [0, 0.1) is 16.0 Å². The van der Waals surface area contributed by atoms with Crippen LogP contribution in [0.15, 0.2) is 24.3 Å². The summed E-state index contributed by atoms with van der Waals surface area (Å²) in [4.78, 5) is 24.5. The standard InChI is InChI=1S/C14H20N4O3.ClH/c15-9-11-5-7-17(8-6-11)10-14(19)16-12-3-1-2-4-13(12)18(20)21;/h1-4,11H,5-10,15H2,(H,16,19);1H. The van der Waals surface area contributed by atoms with E-state index in [0.717, 1.165) is 25.9 Å². The molecule has 1 aliphatic rings. The molecule has 1 fully saturated rings.